The van der Waals surface area contributed by atoms with E-state index in [9.17, 15) is 13.2 Å². The lowest BCUT2D eigenvalue weighted by Crippen LogP contribution is -2.09. The van der Waals surface area contributed by atoms with Gasteiger partial charge in [-0.25, -0.2) is 9.97 Å². The maximum absolute atomic E-state index is 12.8. The molecule has 0 aliphatic carbocycles. The number of aromatic nitrogens is 2. The van der Waals surface area contributed by atoms with E-state index in [4.69, 9.17) is 0 Å². The molecular weight excluding hydrogens is 345 g/mol. The van der Waals surface area contributed by atoms with Crippen molar-refractivity contribution in [3.63, 3.8) is 0 Å². The number of halogens is 4. The van der Waals surface area contributed by atoms with Gasteiger partial charge in [0.2, 0.25) is 0 Å². The largest absolute Gasteiger partial charge is 0.433 e. The Morgan fingerprint density at radius 2 is 1.57 bits per heavy atom. The van der Waals surface area contributed by atoms with Crippen LogP contribution in [-0.4, -0.2) is 9.97 Å². The van der Waals surface area contributed by atoms with Gasteiger partial charge in [0.05, 0.1) is 5.69 Å². The first-order valence-electron chi connectivity index (χ1n) is 6.04. The molecule has 1 aromatic heterocycles. The molecular formula is C15H8BrF3N2. The Morgan fingerprint density at radius 3 is 2.29 bits per heavy atom. The lowest BCUT2D eigenvalue weighted by atomic mass is 10.0. The standard InChI is InChI=1S/C15H8BrF3N2/c16-14-20-12(8-13(21-14)15(17,18)19)11-6-5-9-3-1-2-4-10(9)7-11/h1-8H. The van der Waals surface area contributed by atoms with Gasteiger partial charge < -0.3 is 0 Å². The number of hydrogen-bond donors (Lipinski definition) is 0. The summed E-state index contributed by atoms with van der Waals surface area (Å²) in [5.74, 6) is 0. The van der Waals surface area contributed by atoms with Crippen LogP contribution in [0.2, 0.25) is 0 Å². The van der Waals surface area contributed by atoms with Crippen molar-refractivity contribution in [3.8, 4) is 11.3 Å². The van der Waals surface area contributed by atoms with Crippen LogP contribution in [0, 0.1) is 0 Å². The van der Waals surface area contributed by atoms with Crippen LogP contribution in [0.5, 0.6) is 0 Å². The maximum Gasteiger partial charge on any atom is 0.433 e. The fourth-order valence-corrected chi connectivity index (χ4v) is 2.44. The quantitative estimate of drug-likeness (QED) is 0.571. The first kappa shape index (κ1) is 14.0. The summed E-state index contributed by atoms with van der Waals surface area (Å²) >= 11 is 2.93. The Bertz CT molecular complexity index is 815. The Balaban J connectivity index is 2.16. The number of benzene rings is 2. The van der Waals surface area contributed by atoms with Crippen molar-refractivity contribution >= 4 is 26.7 Å². The van der Waals surface area contributed by atoms with E-state index in [-0.39, 0.29) is 10.4 Å². The van der Waals surface area contributed by atoms with Gasteiger partial charge in [0.25, 0.3) is 0 Å². The molecule has 0 spiro atoms. The first-order chi connectivity index (χ1) is 9.93. The monoisotopic (exact) mass is 352 g/mol. The predicted octanol–water partition coefficient (Wildman–Crippen LogP) is 5.08. The van der Waals surface area contributed by atoms with E-state index in [1.807, 2.05) is 36.4 Å². The highest BCUT2D eigenvalue weighted by Gasteiger charge is 2.33. The molecule has 0 unspecified atom stereocenters. The maximum atomic E-state index is 12.8. The van der Waals surface area contributed by atoms with Crippen LogP contribution in [0.1, 0.15) is 5.69 Å². The summed E-state index contributed by atoms with van der Waals surface area (Å²) in [4.78, 5) is 7.40. The number of hydrogen-bond acceptors (Lipinski definition) is 2. The molecule has 0 radical (unpaired) electrons. The molecule has 0 atom stereocenters. The molecule has 2 nitrogen and oxygen atoms in total. The van der Waals surface area contributed by atoms with Crippen molar-refractivity contribution < 1.29 is 13.2 Å². The van der Waals surface area contributed by atoms with Crippen LogP contribution in [0.4, 0.5) is 13.2 Å². The van der Waals surface area contributed by atoms with E-state index in [2.05, 4.69) is 25.9 Å². The minimum atomic E-state index is -4.50. The highest BCUT2D eigenvalue weighted by molar-refractivity contribution is 9.10. The number of fused-ring (bicyclic) bond motifs is 1. The summed E-state index contributed by atoms with van der Waals surface area (Å²) < 4.78 is 38.3. The lowest BCUT2D eigenvalue weighted by Gasteiger charge is -2.09. The van der Waals surface area contributed by atoms with Gasteiger partial charge in [0.15, 0.2) is 4.73 Å². The van der Waals surface area contributed by atoms with E-state index < -0.39 is 11.9 Å². The summed E-state index contributed by atoms with van der Waals surface area (Å²) in [6.45, 7) is 0. The minimum absolute atomic E-state index is 0.0829. The minimum Gasteiger partial charge on any atom is -0.222 e. The second-order valence-electron chi connectivity index (χ2n) is 4.47. The Morgan fingerprint density at radius 1 is 0.857 bits per heavy atom. The van der Waals surface area contributed by atoms with Crippen LogP contribution in [-0.2, 0) is 6.18 Å². The molecule has 0 aliphatic rings. The van der Waals surface area contributed by atoms with Gasteiger partial charge >= 0.3 is 6.18 Å². The smallest absolute Gasteiger partial charge is 0.222 e. The molecule has 0 fully saturated rings. The third-order valence-corrected chi connectivity index (χ3v) is 3.39. The molecule has 1 heterocycles. The summed E-state index contributed by atoms with van der Waals surface area (Å²) in [5, 5.41) is 1.96. The summed E-state index contributed by atoms with van der Waals surface area (Å²) in [6.07, 6.45) is -4.50. The van der Waals surface area contributed by atoms with Gasteiger partial charge in [0, 0.05) is 5.56 Å². The van der Waals surface area contributed by atoms with Crippen molar-refractivity contribution in [2.75, 3.05) is 0 Å². The van der Waals surface area contributed by atoms with E-state index in [0.717, 1.165) is 16.8 Å². The molecule has 2 aromatic carbocycles. The molecule has 3 aromatic rings. The van der Waals surface area contributed by atoms with Crippen molar-refractivity contribution in [2.45, 2.75) is 6.18 Å². The van der Waals surface area contributed by atoms with Gasteiger partial charge in [-0.3, -0.25) is 0 Å². The Labute approximate surface area is 126 Å². The average Bonchev–Trinajstić information content (AvgIpc) is 2.45. The molecule has 3 rings (SSSR count). The number of rotatable bonds is 1. The van der Waals surface area contributed by atoms with Gasteiger partial charge in [-0.2, -0.15) is 13.2 Å². The van der Waals surface area contributed by atoms with Gasteiger partial charge in [-0.05, 0) is 38.8 Å². The zero-order valence-electron chi connectivity index (χ0n) is 10.5. The highest BCUT2D eigenvalue weighted by atomic mass is 79.9. The van der Waals surface area contributed by atoms with Crippen LogP contribution >= 0.6 is 15.9 Å². The molecule has 0 saturated heterocycles. The highest BCUT2D eigenvalue weighted by Crippen LogP contribution is 2.31. The van der Waals surface area contributed by atoms with Crippen LogP contribution in [0.15, 0.2) is 53.3 Å². The summed E-state index contributed by atoms with van der Waals surface area (Å²) in [5.41, 5.74) is -0.121. The second-order valence-corrected chi connectivity index (χ2v) is 5.18. The SMILES string of the molecule is FC(F)(F)c1cc(-c2ccc3ccccc3c2)nc(Br)n1. The van der Waals surface area contributed by atoms with E-state index in [1.54, 1.807) is 6.07 Å². The topological polar surface area (TPSA) is 25.8 Å². The third kappa shape index (κ3) is 2.90. The van der Waals surface area contributed by atoms with Crippen LogP contribution < -0.4 is 0 Å². The molecule has 0 bridgehead atoms. The van der Waals surface area contributed by atoms with E-state index >= 15 is 0 Å². The number of nitrogens with zero attached hydrogens (tertiary/aromatic N) is 2. The van der Waals surface area contributed by atoms with Crippen molar-refractivity contribution in [2.24, 2.45) is 0 Å². The molecule has 0 saturated carbocycles. The first-order valence-corrected chi connectivity index (χ1v) is 6.84. The van der Waals surface area contributed by atoms with E-state index in [1.165, 1.54) is 0 Å². The molecule has 0 N–H and O–H groups in total. The third-order valence-electron chi connectivity index (χ3n) is 3.03. The number of alkyl halides is 3. The second kappa shape index (κ2) is 5.11. The van der Waals surface area contributed by atoms with Crippen molar-refractivity contribution in [1.82, 2.24) is 9.97 Å². The van der Waals surface area contributed by atoms with Crippen molar-refractivity contribution in [1.29, 1.82) is 0 Å². The summed E-state index contributed by atoms with van der Waals surface area (Å²) in [6, 6.07) is 14.0. The Kier molecular flexibility index (Phi) is 3.41. The molecule has 0 aliphatic heterocycles. The summed E-state index contributed by atoms with van der Waals surface area (Å²) in [7, 11) is 0. The van der Waals surface area contributed by atoms with Gasteiger partial charge in [-0.1, -0.05) is 36.4 Å². The van der Waals surface area contributed by atoms with Crippen molar-refractivity contribution in [3.05, 3.63) is 59.0 Å². The molecule has 0 amide bonds. The van der Waals surface area contributed by atoms with Crippen LogP contribution in [0.3, 0.4) is 0 Å². The van der Waals surface area contributed by atoms with Gasteiger partial charge in [0.1, 0.15) is 5.69 Å². The average molecular weight is 353 g/mol. The molecule has 6 heteroatoms. The van der Waals surface area contributed by atoms with Gasteiger partial charge in [-0.15, -0.1) is 0 Å². The normalized spacial score (nSPS) is 11.8. The molecule has 106 valence electrons. The van der Waals surface area contributed by atoms with Crippen LogP contribution in [0.25, 0.3) is 22.0 Å². The Hall–Kier alpha value is -1.95. The fraction of sp³-hybridized carbons (Fsp3) is 0.0667. The molecule has 21 heavy (non-hydrogen) atoms. The van der Waals surface area contributed by atoms with E-state index in [0.29, 0.717) is 5.56 Å². The zero-order valence-corrected chi connectivity index (χ0v) is 12.1. The lowest BCUT2D eigenvalue weighted by molar-refractivity contribution is -0.141. The fourth-order valence-electron chi connectivity index (χ4n) is 2.06. The zero-order chi connectivity index (χ0) is 15.0. The predicted molar refractivity (Wildman–Crippen MR) is 77.7 cm³/mol.